The fourth-order valence-electron chi connectivity index (χ4n) is 3.89. The Bertz CT molecular complexity index is 984. The van der Waals surface area contributed by atoms with E-state index in [4.69, 9.17) is 0 Å². The van der Waals surface area contributed by atoms with Crippen molar-refractivity contribution < 1.29 is 9.72 Å². The van der Waals surface area contributed by atoms with Gasteiger partial charge in [-0.15, -0.1) is 5.10 Å². The number of nitro benzene ring substituents is 1. The van der Waals surface area contributed by atoms with Crippen molar-refractivity contribution in [3.63, 3.8) is 0 Å². The first-order valence-corrected chi connectivity index (χ1v) is 10.9. The zero-order chi connectivity index (χ0) is 20.4. The molecule has 1 aromatic carbocycles. The number of fused-ring (bicyclic) bond motifs is 1. The second-order valence-corrected chi connectivity index (χ2v) is 8.29. The number of para-hydroxylation sites is 1. The van der Waals surface area contributed by atoms with Crippen molar-refractivity contribution in [1.29, 1.82) is 0 Å². The summed E-state index contributed by atoms with van der Waals surface area (Å²) in [6, 6.07) is 5.95. The second-order valence-electron chi connectivity index (χ2n) is 7.23. The summed E-state index contributed by atoms with van der Waals surface area (Å²) >= 11 is 1.58. The molecule has 0 amide bonds. The number of benzene rings is 1. The van der Waals surface area contributed by atoms with Gasteiger partial charge in [-0.05, 0) is 25.3 Å². The second kappa shape index (κ2) is 8.36. The molecule has 2 heterocycles. The molecule has 2 aromatic rings. The fraction of sp³-hybridized carbons (Fsp3) is 0.450. The van der Waals surface area contributed by atoms with Gasteiger partial charge in [0, 0.05) is 29.5 Å². The van der Waals surface area contributed by atoms with E-state index in [1.54, 1.807) is 34.6 Å². The van der Waals surface area contributed by atoms with Crippen molar-refractivity contribution in [1.82, 2.24) is 14.8 Å². The van der Waals surface area contributed by atoms with Crippen molar-refractivity contribution >= 4 is 29.2 Å². The lowest BCUT2D eigenvalue weighted by atomic mass is 9.85. The molecule has 1 aromatic heterocycles. The van der Waals surface area contributed by atoms with Crippen molar-refractivity contribution in [3.8, 4) is 0 Å². The van der Waals surface area contributed by atoms with Crippen LogP contribution in [-0.2, 0) is 4.79 Å². The molecular weight excluding hydrogens is 390 g/mol. The molecule has 0 radical (unpaired) electrons. The normalized spacial score (nSPS) is 18.2. The Morgan fingerprint density at radius 1 is 1.31 bits per heavy atom. The topological polar surface area (TPSA) is 103 Å². The molecule has 0 bridgehead atoms. The minimum Gasteiger partial charge on any atom is -0.328 e. The Kier molecular flexibility index (Phi) is 5.66. The predicted octanol–water partition coefficient (Wildman–Crippen LogP) is 4.49. The molecular formula is C20H23N5O3S. The van der Waals surface area contributed by atoms with Crippen molar-refractivity contribution in [2.75, 3.05) is 11.1 Å². The molecule has 0 saturated heterocycles. The van der Waals surface area contributed by atoms with Crippen molar-refractivity contribution in [2.24, 2.45) is 0 Å². The highest BCUT2D eigenvalue weighted by atomic mass is 32.2. The average molecular weight is 414 g/mol. The molecule has 0 saturated carbocycles. The number of unbranched alkanes of at least 4 members (excludes halogenated alkanes) is 2. The number of carbonyl (C=O) groups excluding carboxylic acids is 1. The number of Topliss-reactive ketones (excluding diaryl/α,β-unsaturated/α-hetero) is 1. The van der Waals surface area contributed by atoms with Gasteiger partial charge in [0.2, 0.25) is 11.1 Å². The third-order valence-corrected chi connectivity index (χ3v) is 6.18. The predicted molar refractivity (Wildman–Crippen MR) is 111 cm³/mol. The number of hydrogen-bond donors (Lipinski definition) is 1. The maximum Gasteiger partial charge on any atom is 0.275 e. The maximum absolute atomic E-state index is 12.8. The minimum atomic E-state index is -0.631. The van der Waals surface area contributed by atoms with Crippen LogP contribution >= 0.6 is 11.8 Å². The monoisotopic (exact) mass is 413 g/mol. The minimum absolute atomic E-state index is 0.0109. The molecule has 0 fully saturated rings. The first kappa shape index (κ1) is 19.6. The molecule has 152 valence electrons. The number of nitro groups is 1. The van der Waals surface area contributed by atoms with Gasteiger partial charge in [-0.2, -0.15) is 4.98 Å². The Morgan fingerprint density at radius 2 is 2.14 bits per heavy atom. The number of allylic oxidation sites excluding steroid dienone is 2. The molecule has 1 unspecified atom stereocenters. The quantitative estimate of drug-likeness (QED) is 0.309. The van der Waals surface area contributed by atoms with Crippen LogP contribution in [-0.4, -0.2) is 31.2 Å². The standard InChI is InChI=1S/C20H23N5O3S/c1-2-3-6-12-29-20-22-19-21-14-9-7-11-16(26)17(14)18(24(19)23-20)13-8-4-5-10-15(13)25(27)28/h4-5,8,10,18H,2-3,6-7,9,11-12H2,1H3,(H,21,22,23). The summed E-state index contributed by atoms with van der Waals surface area (Å²) in [5, 5.41) is 20.2. The van der Waals surface area contributed by atoms with Crippen LogP contribution in [0.3, 0.4) is 0 Å². The number of nitrogens with zero attached hydrogens (tertiary/aromatic N) is 4. The van der Waals surface area contributed by atoms with Crippen LogP contribution in [0.2, 0.25) is 0 Å². The molecule has 29 heavy (non-hydrogen) atoms. The van der Waals surface area contributed by atoms with Gasteiger partial charge < -0.3 is 5.32 Å². The lowest BCUT2D eigenvalue weighted by molar-refractivity contribution is -0.385. The van der Waals surface area contributed by atoms with Gasteiger partial charge >= 0.3 is 0 Å². The molecule has 2 aliphatic rings. The number of aromatic nitrogens is 3. The Balaban J connectivity index is 1.77. The highest BCUT2D eigenvalue weighted by Gasteiger charge is 2.39. The summed E-state index contributed by atoms with van der Waals surface area (Å²) < 4.78 is 1.65. The van der Waals surface area contributed by atoms with Crippen molar-refractivity contribution in [2.45, 2.75) is 56.6 Å². The van der Waals surface area contributed by atoms with Crippen LogP contribution in [0.5, 0.6) is 0 Å². The summed E-state index contributed by atoms with van der Waals surface area (Å²) in [6.45, 7) is 2.16. The summed E-state index contributed by atoms with van der Waals surface area (Å²) in [4.78, 5) is 28.7. The molecule has 9 heteroatoms. The molecule has 0 spiro atoms. The van der Waals surface area contributed by atoms with Crippen LogP contribution in [0.4, 0.5) is 11.6 Å². The van der Waals surface area contributed by atoms with Gasteiger partial charge in [0.25, 0.3) is 5.69 Å². The highest BCUT2D eigenvalue weighted by molar-refractivity contribution is 7.99. The number of anilines is 1. The van der Waals surface area contributed by atoms with E-state index >= 15 is 0 Å². The lowest BCUT2D eigenvalue weighted by Crippen LogP contribution is -2.31. The van der Waals surface area contributed by atoms with Gasteiger partial charge in [0.1, 0.15) is 6.04 Å². The smallest absolute Gasteiger partial charge is 0.275 e. The Morgan fingerprint density at radius 3 is 2.93 bits per heavy atom. The van der Waals surface area contributed by atoms with Crippen LogP contribution in [0.25, 0.3) is 0 Å². The van der Waals surface area contributed by atoms with Gasteiger partial charge in [-0.3, -0.25) is 14.9 Å². The fourth-order valence-corrected chi connectivity index (χ4v) is 4.71. The third-order valence-electron chi connectivity index (χ3n) is 5.26. The van der Waals surface area contributed by atoms with E-state index in [-0.39, 0.29) is 11.5 Å². The average Bonchev–Trinajstić information content (AvgIpc) is 3.12. The maximum atomic E-state index is 12.8. The molecule has 1 aliphatic carbocycles. The van der Waals surface area contributed by atoms with Crippen LogP contribution in [0.15, 0.2) is 40.7 Å². The molecule has 4 rings (SSSR count). The van der Waals surface area contributed by atoms with Gasteiger partial charge in [0.05, 0.1) is 10.5 Å². The third kappa shape index (κ3) is 3.78. The zero-order valence-electron chi connectivity index (χ0n) is 16.3. The van der Waals surface area contributed by atoms with Gasteiger partial charge in [-0.1, -0.05) is 43.7 Å². The first-order chi connectivity index (χ1) is 14.1. The largest absolute Gasteiger partial charge is 0.328 e. The summed E-state index contributed by atoms with van der Waals surface area (Å²) in [5.74, 6) is 1.47. The van der Waals surface area contributed by atoms with E-state index in [0.29, 0.717) is 28.7 Å². The van der Waals surface area contributed by atoms with Gasteiger partial charge in [0.15, 0.2) is 5.78 Å². The summed E-state index contributed by atoms with van der Waals surface area (Å²) in [6.07, 6.45) is 5.32. The number of ketones is 1. The zero-order valence-corrected chi connectivity index (χ0v) is 17.1. The molecule has 1 atom stereocenters. The van der Waals surface area contributed by atoms with E-state index < -0.39 is 11.0 Å². The molecule has 1 N–H and O–H groups in total. The number of rotatable bonds is 7. The Hall–Kier alpha value is -2.68. The van der Waals surface area contributed by atoms with Crippen LogP contribution < -0.4 is 5.32 Å². The van der Waals surface area contributed by atoms with Crippen LogP contribution in [0.1, 0.15) is 57.1 Å². The van der Waals surface area contributed by atoms with E-state index in [1.165, 1.54) is 6.07 Å². The Labute approximate surface area is 172 Å². The van der Waals surface area contributed by atoms with E-state index in [1.807, 2.05) is 0 Å². The van der Waals surface area contributed by atoms with Crippen LogP contribution in [0, 0.1) is 10.1 Å². The lowest BCUT2D eigenvalue weighted by Gasteiger charge is -2.31. The highest BCUT2D eigenvalue weighted by Crippen LogP contribution is 2.42. The van der Waals surface area contributed by atoms with Gasteiger partial charge in [-0.25, -0.2) is 4.68 Å². The van der Waals surface area contributed by atoms with E-state index in [2.05, 4.69) is 22.3 Å². The van der Waals surface area contributed by atoms with E-state index in [0.717, 1.165) is 43.6 Å². The van der Waals surface area contributed by atoms with E-state index in [9.17, 15) is 14.9 Å². The number of carbonyl (C=O) groups is 1. The number of hydrogen-bond acceptors (Lipinski definition) is 7. The number of thioether (sulfide) groups is 1. The molecule has 8 nitrogen and oxygen atoms in total. The molecule has 1 aliphatic heterocycles. The van der Waals surface area contributed by atoms with Crippen molar-refractivity contribution in [3.05, 3.63) is 51.2 Å². The first-order valence-electron chi connectivity index (χ1n) is 9.96. The summed E-state index contributed by atoms with van der Waals surface area (Å²) in [7, 11) is 0. The SMILES string of the molecule is CCCCCSc1nc2n(n1)C(c1ccccc1[N+](=O)[O-])C1=C(CCCC1=O)N2. The summed E-state index contributed by atoms with van der Waals surface area (Å²) in [5.41, 5.74) is 1.84. The number of nitrogens with one attached hydrogen (secondary N) is 1.